The Hall–Kier alpha value is -4.20. The Labute approximate surface area is 200 Å². The number of hydrogen-bond acceptors (Lipinski definition) is 4. The van der Waals surface area contributed by atoms with Crippen molar-refractivity contribution >= 4 is 22.4 Å². The molecule has 1 aliphatic carbocycles. The van der Waals surface area contributed by atoms with Gasteiger partial charge in [-0.1, -0.05) is 18.2 Å². The van der Waals surface area contributed by atoms with Crippen LogP contribution in [0.2, 0.25) is 0 Å². The number of nitrogens with zero attached hydrogens (tertiary/aromatic N) is 4. The van der Waals surface area contributed by atoms with Crippen LogP contribution in [0.4, 0.5) is 24.5 Å². The van der Waals surface area contributed by atoms with Crippen LogP contribution in [0.5, 0.6) is 0 Å². The van der Waals surface area contributed by atoms with E-state index in [1.807, 2.05) is 62.4 Å². The maximum Gasteiger partial charge on any atom is 0.416 e. The van der Waals surface area contributed by atoms with Gasteiger partial charge >= 0.3 is 6.18 Å². The summed E-state index contributed by atoms with van der Waals surface area (Å²) in [6, 6.07) is 20.2. The first-order valence-electron chi connectivity index (χ1n) is 11.1. The molecule has 35 heavy (non-hydrogen) atoms. The zero-order chi connectivity index (χ0) is 24.6. The molecule has 0 spiro atoms. The molecule has 0 unspecified atom stereocenters. The Balaban J connectivity index is 1.83. The van der Waals surface area contributed by atoms with Crippen molar-refractivity contribution in [2.45, 2.75) is 26.1 Å². The molecule has 0 saturated carbocycles. The van der Waals surface area contributed by atoms with E-state index in [1.54, 1.807) is 23.0 Å². The summed E-state index contributed by atoms with van der Waals surface area (Å²) < 4.78 is 42.4. The number of pyridine rings is 1. The highest BCUT2D eigenvalue weighted by Gasteiger charge is 2.31. The Morgan fingerprint density at radius 1 is 0.943 bits per heavy atom. The standard InChI is InChI=1S/C27H22F3N5/c1-17(2)32-23-15-26-24(14-22(23)33-19-8-6-12-31-16-19)34-21-10-3-4-11-25(21)35(26)20-9-5-7-18(13-20)27(28,29)30/h3-17,33H,1-2H3. The molecule has 0 amide bonds. The van der Waals surface area contributed by atoms with Crippen molar-refractivity contribution in [3.05, 3.63) is 96.1 Å². The molecule has 0 radical (unpaired) electrons. The van der Waals surface area contributed by atoms with Gasteiger partial charge in [-0.25, -0.2) is 4.98 Å². The second-order valence-corrected chi connectivity index (χ2v) is 8.43. The summed E-state index contributed by atoms with van der Waals surface area (Å²) in [5.74, 6) is 0. The molecule has 1 aliphatic heterocycles. The van der Waals surface area contributed by atoms with Crippen LogP contribution in [-0.4, -0.2) is 20.6 Å². The van der Waals surface area contributed by atoms with Crippen molar-refractivity contribution in [3.63, 3.8) is 0 Å². The molecule has 5 nitrogen and oxygen atoms in total. The lowest BCUT2D eigenvalue weighted by molar-refractivity contribution is -0.137. The van der Waals surface area contributed by atoms with Crippen molar-refractivity contribution in [3.8, 4) is 17.1 Å². The largest absolute Gasteiger partial charge is 0.416 e. The summed E-state index contributed by atoms with van der Waals surface area (Å²) in [7, 11) is 0. The topological polar surface area (TPSA) is 55.1 Å². The van der Waals surface area contributed by atoms with Crippen molar-refractivity contribution < 1.29 is 13.2 Å². The molecule has 8 heteroatoms. The zero-order valence-electron chi connectivity index (χ0n) is 19.1. The molecule has 0 atom stereocenters. The summed E-state index contributed by atoms with van der Waals surface area (Å²) in [5.41, 5.74) is 3.84. The molecule has 2 aromatic carbocycles. The normalized spacial score (nSPS) is 12.6. The average Bonchev–Trinajstić information content (AvgIpc) is 2.83. The SMILES string of the molecule is CC(C)N=c1cc2n(-c3cccc(C(F)(F)F)c3)c3ccccc3nc-2cc1Nc1cccnc1. The molecule has 1 aromatic heterocycles. The van der Waals surface area contributed by atoms with Gasteiger partial charge in [0.2, 0.25) is 0 Å². The van der Waals surface area contributed by atoms with E-state index in [2.05, 4.69) is 10.3 Å². The highest BCUT2D eigenvalue weighted by Crippen LogP contribution is 2.34. The van der Waals surface area contributed by atoms with E-state index in [0.29, 0.717) is 33.5 Å². The van der Waals surface area contributed by atoms with Crippen molar-refractivity contribution in [2.75, 3.05) is 5.32 Å². The second-order valence-electron chi connectivity index (χ2n) is 8.43. The van der Waals surface area contributed by atoms with Gasteiger partial charge in [-0.3, -0.25) is 9.98 Å². The maximum absolute atomic E-state index is 13.5. The Morgan fingerprint density at radius 3 is 2.51 bits per heavy atom. The molecule has 5 rings (SSSR count). The van der Waals surface area contributed by atoms with Crippen molar-refractivity contribution in [2.24, 2.45) is 4.99 Å². The predicted octanol–water partition coefficient (Wildman–Crippen LogP) is 6.60. The van der Waals surface area contributed by atoms with Gasteiger partial charge in [0.25, 0.3) is 0 Å². The lowest BCUT2D eigenvalue weighted by atomic mass is 10.1. The molecule has 0 bridgehead atoms. The van der Waals surface area contributed by atoms with Gasteiger partial charge in [-0.2, -0.15) is 13.2 Å². The molecule has 176 valence electrons. The minimum atomic E-state index is -4.45. The zero-order valence-corrected chi connectivity index (χ0v) is 19.1. The van der Waals surface area contributed by atoms with E-state index in [9.17, 15) is 13.2 Å². The van der Waals surface area contributed by atoms with E-state index in [1.165, 1.54) is 6.07 Å². The number of benzene rings is 3. The molecular weight excluding hydrogens is 451 g/mol. The van der Waals surface area contributed by atoms with Crippen LogP contribution in [0.15, 0.2) is 90.2 Å². The van der Waals surface area contributed by atoms with E-state index >= 15 is 0 Å². The number of fused-ring (bicyclic) bond motifs is 2. The van der Waals surface area contributed by atoms with Crippen LogP contribution < -0.4 is 10.7 Å². The molecule has 3 aromatic rings. The summed E-state index contributed by atoms with van der Waals surface area (Å²) in [4.78, 5) is 13.7. The smallest absolute Gasteiger partial charge is 0.352 e. The fraction of sp³-hybridized carbons (Fsp3) is 0.148. The summed E-state index contributed by atoms with van der Waals surface area (Å²) in [6.07, 6.45) is -1.05. The summed E-state index contributed by atoms with van der Waals surface area (Å²) in [5, 5.41) is 4.03. The van der Waals surface area contributed by atoms with Crippen LogP contribution in [0.25, 0.3) is 28.1 Å². The number of rotatable bonds is 4. The monoisotopic (exact) mass is 473 g/mol. The molecule has 0 saturated heterocycles. The van der Waals surface area contributed by atoms with Crippen molar-refractivity contribution in [1.29, 1.82) is 0 Å². The molecular formula is C27H22F3N5. The third-order valence-corrected chi connectivity index (χ3v) is 5.47. The van der Waals surface area contributed by atoms with Gasteiger partial charge in [-0.05, 0) is 68.4 Å². The van der Waals surface area contributed by atoms with E-state index in [0.717, 1.165) is 23.5 Å². The lowest BCUT2D eigenvalue weighted by Gasteiger charge is -2.21. The fourth-order valence-corrected chi connectivity index (χ4v) is 4.02. The van der Waals surface area contributed by atoms with E-state index in [-0.39, 0.29) is 6.04 Å². The van der Waals surface area contributed by atoms with Crippen LogP contribution in [0.1, 0.15) is 19.4 Å². The van der Waals surface area contributed by atoms with Gasteiger partial charge < -0.3 is 9.88 Å². The fourth-order valence-electron chi connectivity index (χ4n) is 4.02. The number of nitrogens with one attached hydrogen (secondary N) is 1. The first-order valence-corrected chi connectivity index (χ1v) is 11.1. The molecule has 0 fully saturated rings. The molecule has 2 aliphatic rings. The highest BCUT2D eigenvalue weighted by atomic mass is 19.4. The lowest BCUT2D eigenvalue weighted by Crippen LogP contribution is -2.17. The Bertz CT molecular complexity index is 1540. The van der Waals surface area contributed by atoms with Crippen molar-refractivity contribution in [1.82, 2.24) is 14.5 Å². The summed E-state index contributed by atoms with van der Waals surface area (Å²) in [6.45, 7) is 3.94. The molecule has 2 heterocycles. The summed E-state index contributed by atoms with van der Waals surface area (Å²) >= 11 is 0. The number of halogens is 3. The quantitative estimate of drug-likeness (QED) is 0.299. The molecule has 1 N–H and O–H groups in total. The third-order valence-electron chi connectivity index (χ3n) is 5.47. The third kappa shape index (κ3) is 4.59. The van der Waals surface area contributed by atoms with Crippen LogP contribution in [0.3, 0.4) is 0 Å². The van der Waals surface area contributed by atoms with Gasteiger partial charge in [0.05, 0.1) is 50.9 Å². The second kappa shape index (κ2) is 8.87. The first-order chi connectivity index (χ1) is 16.8. The van der Waals surface area contributed by atoms with Gasteiger partial charge in [0.15, 0.2) is 0 Å². The first kappa shape index (κ1) is 22.6. The number of alkyl halides is 3. The average molecular weight is 474 g/mol. The number of hydrogen-bond donors (Lipinski definition) is 1. The van der Waals surface area contributed by atoms with Gasteiger partial charge in [-0.15, -0.1) is 0 Å². The highest BCUT2D eigenvalue weighted by molar-refractivity contribution is 5.84. The van der Waals surface area contributed by atoms with Gasteiger partial charge in [0.1, 0.15) is 0 Å². The minimum absolute atomic E-state index is 0.00248. The number of aromatic nitrogens is 3. The minimum Gasteiger partial charge on any atom is -0.352 e. The number of para-hydroxylation sites is 2. The Kier molecular flexibility index (Phi) is 5.72. The van der Waals surface area contributed by atoms with E-state index < -0.39 is 11.7 Å². The van der Waals surface area contributed by atoms with Crippen LogP contribution in [-0.2, 0) is 6.18 Å². The Morgan fingerprint density at radius 2 is 1.77 bits per heavy atom. The van der Waals surface area contributed by atoms with Crippen LogP contribution in [0, 0.1) is 0 Å². The van der Waals surface area contributed by atoms with Gasteiger partial charge in [0, 0.05) is 17.9 Å². The maximum atomic E-state index is 13.5. The predicted molar refractivity (Wildman–Crippen MR) is 131 cm³/mol. The van der Waals surface area contributed by atoms with Crippen LogP contribution >= 0.6 is 0 Å². The van der Waals surface area contributed by atoms with E-state index in [4.69, 9.17) is 9.98 Å². The number of anilines is 2.